The van der Waals surface area contributed by atoms with Gasteiger partial charge in [-0.05, 0) is 38.5 Å². The number of rotatable bonds is 3. The van der Waals surface area contributed by atoms with E-state index in [4.69, 9.17) is 5.11 Å². The van der Waals surface area contributed by atoms with Gasteiger partial charge in [0.15, 0.2) is 0 Å². The summed E-state index contributed by atoms with van der Waals surface area (Å²) in [6.45, 7) is 0. The molecule has 5 nitrogen and oxygen atoms in total. The second kappa shape index (κ2) is 3.72. The van der Waals surface area contributed by atoms with Crippen molar-refractivity contribution in [2.75, 3.05) is 0 Å². The lowest BCUT2D eigenvalue weighted by molar-refractivity contribution is -0.148. The zero-order valence-corrected chi connectivity index (χ0v) is 8.58. The Kier molecular flexibility index (Phi) is 2.54. The average molecular weight is 212 g/mol. The third kappa shape index (κ3) is 1.91. The number of amides is 2. The van der Waals surface area contributed by atoms with Gasteiger partial charge in [-0.25, -0.2) is 9.59 Å². The summed E-state index contributed by atoms with van der Waals surface area (Å²) in [5, 5.41) is 14.4. The van der Waals surface area contributed by atoms with E-state index in [1.807, 2.05) is 0 Å². The van der Waals surface area contributed by atoms with Crippen LogP contribution in [-0.4, -0.2) is 28.7 Å². The fourth-order valence-corrected chi connectivity index (χ4v) is 1.91. The summed E-state index contributed by atoms with van der Waals surface area (Å²) in [6, 6.07) is -0.0854. The minimum atomic E-state index is -0.992. The van der Waals surface area contributed by atoms with Crippen molar-refractivity contribution in [2.24, 2.45) is 0 Å². The second-order valence-corrected chi connectivity index (χ2v) is 4.47. The third-order valence-corrected chi connectivity index (χ3v) is 3.41. The number of urea groups is 1. The second-order valence-electron chi connectivity index (χ2n) is 4.47. The van der Waals surface area contributed by atoms with Crippen LogP contribution in [0.25, 0.3) is 0 Å². The van der Waals surface area contributed by atoms with Gasteiger partial charge in [0.25, 0.3) is 0 Å². The first-order chi connectivity index (χ1) is 7.12. The summed E-state index contributed by atoms with van der Waals surface area (Å²) in [6.07, 6.45) is 5.12. The van der Waals surface area contributed by atoms with Crippen LogP contribution in [0.3, 0.4) is 0 Å². The Bertz CT molecular complexity index is 282. The number of carboxylic acids is 1. The van der Waals surface area contributed by atoms with Crippen LogP contribution in [0.5, 0.6) is 0 Å². The number of hydrogen-bond acceptors (Lipinski definition) is 2. The molecule has 0 atom stereocenters. The molecule has 0 bridgehead atoms. The maximum Gasteiger partial charge on any atom is 0.329 e. The molecule has 2 aliphatic rings. The van der Waals surface area contributed by atoms with Crippen molar-refractivity contribution in [1.29, 1.82) is 0 Å². The molecule has 2 saturated carbocycles. The standard InChI is InChI=1S/C10H16N2O3/c13-8(14)10(5-2-6-10)12-9(15)11-7-3-1-4-7/h7H,1-6H2,(H,13,14)(H2,11,12,15). The average Bonchev–Trinajstić information content (AvgIpc) is 2.03. The van der Waals surface area contributed by atoms with Crippen LogP contribution in [0.15, 0.2) is 0 Å². The van der Waals surface area contributed by atoms with Crippen LogP contribution < -0.4 is 10.6 Å². The molecule has 15 heavy (non-hydrogen) atoms. The van der Waals surface area contributed by atoms with Gasteiger partial charge in [-0.3, -0.25) is 0 Å². The molecule has 0 saturated heterocycles. The zero-order chi connectivity index (χ0) is 10.9. The molecular formula is C10H16N2O3. The predicted octanol–water partition coefficient (Wildman–Crippen LogP) is 0.845. The summed E-state index contributed by atoms with van der Waals surface area (Å²) >= 11 is 0. The van der Waals surface area contributed by atoms with Crippen LogP contribution in [0, 0.1) is 0 Å². The Labute approximate surface area is 88.2 Å². The molecule has 0 aromatic carbocycles. The molecule has 0 aromatic heterocycles. The van der Waals surface area contributed by atoms with E-state index >= 15 is 0 Å². The molecule has 2 rings (SSSR count). The van der Waals surface area contributed by atoms with Crippen LogP contribution in [-0.2, 0) is 4.79 Å². The van der Waals surface area contributed by atoms with E-state index in [1.165, 1.54) is 0 Å². The number of hydrogen-bond donors (Lipinski definition) is 3. The van der Waals surface area contributed by atoms with Crippen molar-refractivity contribution in [3.8, 4) is 0 Å². The lowest BCUT2D eigenvalue weighted by Gasteiger charge is -2.39. The molecule has 84 valence electrons. The minimum Gasteiger partial charge on any atom is -0.480 e. The maximum absolute atomic E-state index is 11.5. The maximum atomic E-state index is 11.5. The van der Waals surface area contributed by atoms with Crippen LogP contribution in [0.2, 0.25) is 0 Å². The van der Waals surface area contributed by atoms with Gasteiger partial charge in [-0.1, -0.05) is 0 Å². The monoisotopic (exact) mass is 212 g/mol. The van der Waals surface area contributed by atoms with E-state index in [2.05, 4.69) is 10.6 Å². The van der Waals surface area contributed by atoms with E-state index in [9.17, 15) is 9.59 Å². The molecule has 0 unspecified atom stereocenters. The lowest BCUT2D eigenvalue weighted by Crippen LogP contribution is -2.62. The van der Waals surface area contributed by atoms with E-state index in [0.717, 1.165) is 25.7 Å². The highest BCUT2D eigenvalue weighted by Crippen LogP contribution is 2.32. The quantitative estimate of drug-likeness (QED) is 0.648. The van der Waals surface area contributed by atoms with Gasteiger partial charge < -0.3 is 15.7 Å². The smallest absolute Gasteiger partial charge is 0.329 e. The molecule has 2 fully saturated rings. The lowest BCUT2D eigenvalue weighted by atomic mass is 9.77. The SMILES string of the molecule is O=C(NC1CCC1)NC1(C(=O)O)CCC1. The highest BCUT2D eigenvalue weighted by molar-refractivity contribution is 5.87. The topological polar surface area (TPSA) is 78.4 Å². The predicted molar refractivity (Wildman–Crippen MR) is 53.5 cm³/mol. The van der Waals surface area contributed by atoms with Crippen molar-refractivity contribution in [3.63, 3.8) is 0 Å². The molecule has 0 radical (unpaired) electrons. The molecule has 0 aromatic rings. The molecule has 5 heteroatoms. The van der Waals surface area contributed by atoms with E-state index in [1.54, 1.807) is 0 Å². The first-order valence-corrected chi connectivity index (χ1v) is 5.44. The summed E-state index contributed by atoms with van der Waals surface area (Å²) < 4.78 is 0. The fraction of sp³-hybridized carbons (Fsp3) is 0.800. The van der Waals surface area contributed by atoms with E-state index in [0.29, 0.717) is 12.8 Å². The Morgan fingerprint density at radius 1 is 1.20 bits per heavy atom. The van der Waals surface area contributed by atoms with Crippen LogP contribution in [0.4, 0.5) is 4.79 Å². The largest absolute Gasteiger partial charge is 0.480 e. The molecule has 2 amide bonds. The molecule has 3 N–H and O–H groups in total. The zero-order valence-electron chi connectivity index (χ0n) is 8.58. The third-order valence-electron chi connectivity index (χ3n) is 3.41. The van der Waals surface area contributed by atoms with Crippen molar-refractivity contribution >= 4 is 12.0 Å². The van der Waals surface area contributed by atoms with Gasteiger partial charge in [0, 0.05) is 6.04 Å². The van der Waals surface area contributed by atoms with Gasteiger partial charge in [-0.2, -0.15) is 0 Å². The van der Waals surface area contributed by atoms with Crippen molar-refractivity contribution in [3.05, 3.63) is 0 Å². The number of nitrogens with one attached hydrogen (secondary N) is 2. The fourth-order valence-electron chi connectivity index (χ4n) is 1.91. The molecule has 0 heterocycles. The number of aliphatic carboxylic acids is 1. The summed E-state index contributed by atoms with van der Waals surface area (Å²) in [5.41, 5.74) is -0.992. The van der Waals surface area contributed by atoms with Crippen LogP contribution in [0.1, 0.15) is 38.5 Å². The highest BCUT2D eigenvalue weighted by Gasteiger charge is 2.45. The van der Waals surface area contributed by atoms with Gasteiger partial charge in [-0.15, -0.1) is 0 Å². The van der Waals surface area contributed by atoms with Crippen molar-refractivity contribution in [2.45, 2.75) is 50.1 Å². The normalized spacial score (nSPS) is 23.5. The van der Waals surface area contributed by atoms with Crippen molar-refractivity contribution in [1.82, 2.24) is 10.6 Å². The van der Waals surface area contributed by atoms with E-state index in [-0.39, 0.29) is 12.1 Å². The first-order valence-electron chi connectivity index (χ1n) is 5.44. The number of carbonyl (C=O) groups is 2. The first kappa shape index (κ1) is 10.3. The number of carboxylic acid groups (broad SMARTS) is 1. The molecule has 2 aliphatic carbocycles. The summed E-state index contributed by atoms with van der Waals surface area (Å²) in [4.78, 5) is 22.4. The highest BCUT2D eigenvalue weighted by atomic mass is 16.4. The Morgan fingerprint density at radius 2 is 1.87 bits per heavy atom. The van der Waals surface area contributed by atoms with Gasteiger partial charge in [0.2, 0.25) is 0 Å². The van der Waals surface area contributed by atoms with E-state index < -0.39 is 11.5 Å². The van der Waals surface area contributed by atoms with Gasteiger partial charge >= 0.3 is 12.0 Å². The molecule has 0 aliphatic heterocycles. The summed E-state index contributed by atoms with van der Waals surface area (Å²) in [5.74, 6) is -0.919. The van der Waals surface area contributed by atoms with Gasteiger partial charge in [0.1, 0.15) is 5.54 Å². The molecular weight excluding hydrogens is 196 g/mol. The Morgan fingerprint density at radius 3 is 2.20 bits per heavy atom. The number of carbonyl (C=O) groups excluding carboxylic acids is 1. The summed E-state index contributed by atoms with van der Waals surface area (Å²) in [7, 11) is 0. The minimum absolute atomic E-state index is 0.246. The van der Waals surface area contributed by atoms with Gasteiger partial charge in [0.05, 0.1) is 0 Å². The molecule has 0 spiro atoms. The van der Waals surface area contributed by atoms with Crippen LogP contribution >= 0.6 is 0 Å². The Hall–Kier alpha value is -1.26. The van der Waals surface area contributed by atoms with Crippen molar-refractivity contribution < 1.29 is 14.7 Å². The Balaban J connectivity index is 1.83.